The summed E-state index contributed by atoms with van der Waals surface area (Å²) < 4.78 is 5.34. The van der Waals surface area contributed by atoms with Crippen LogP contribution in [-0.4, -0.2) is 17.8 Å². The fourth-order valence-corrected chi connectivity index (χ4v) is 2.66. The standard InChI is InChI=1S/C22H21N3O/c1-15-8-7-11-20(24-15)16(2)25-21-13-12-18(26-3)14-19(21)22(23)17-9-5-4-6-10-17/h4-14,23,25H,2H2,1,3H3. The zero-order valence-corrected chi connectivity index (χ0v) is 14.9. The van der Waals surface area contributed by atoms with Crippen LogP contribution >= 0.6 is 0 Å². The summed E-state index contributed by atoms with van der Waals surface area (Å²) >= 11 is 0. The number of hydrogen-bond donors (Lipinski definition) is 2. The minimum Gasteiger partial charge on any atom is -0.497 e. The molecular weight excluding hydrogens is 322 g/mol. The van der Waals surface area contributed by atoms with Crippen molar-refractivity contribution in [1.29, 1.82) is 5.41 Å². The second kappa shape index (κ2) is 7.66. The van der Waals surface area contributed by atoms with Crippen molar-refractivity contribution >= 4 is 17.1 Å². The summed E-state index contributed by atoms with van der Waals surface area (Å²) in [5, 5.41) is 11.9. The van der Waals surface area contributed by atoms with Crippen LogP contribution in [0.1, 0.15) is 22.5 Å². The summed E-state index contributed by atoms with van der Waals surface area (Å²) in [6.07, 6.45) is 0. The number of methoxy groups -OCH3 is 1. The van der Waals surface area contributed by atoms with E-state index in [4.69, 9.17) is 10.1 Å². The fourth-order valence-electron chi connectivity index (χ4n) is 2.66. The molecule has 0 unspecified atom stereocenters. The summed E-state index contributed by atoms with van der Waals surface area (Å²) in [6.45, 7) is 6.05. The zero-order valence-electron chi connectivity index (χ0n) is 14.9. The molecule has 3 rings (SSSR count). The molecule has 2 N–H and O–H groups in total. The van der Waals surface area contributed by atoms with Gasteiger partial charge in [0.2, 0.25) is 0 Å². The predicted octanol–water partition coefficient (Wildman–Crippen LogP) is 4.90. The van der Waals surface area contributed by atoms with Crippen LogP contribution in [0.2, 0.25) is 0 Å². The molecule has 0 amide bonds. The lowest BCUT2D eigenvalue weighted by molar-refractivity contribution is 0.415. The summed E-state index contributed by atoms with van der Waals surface area (Å²) in [4.78, 5) is 4.50. The first-order chi connectivity index (χ1) is 12.6. The van der Waals surface area contributed by atoms with Crippen LogP contribution in [-0.2, 0) is 0 Å². The van der Waals surface area contributed by atoms with Gasteiger partial charge in [0.25, 0.3) is 0 Å². The first-order valence-corrected chi connectivity index (χ1v) is 8.31. The Bertz CT molecular complexity index is 949. The Morgan fingerprint density at radius 3 is 2.50 bits per heavy atom. The van der Waals surface area contributed by atoms with E-state index in [1.165, 1.54) is 0 Å². The van der Waals surface area contributed by atoms with Gasteiger partial charge in [-0.3, -0.25) is 10.4 Å². The summed E-state index contributed by atoms with van der Waals surface area (Å²) in [5.74, 6) is 0.700. The summed E-state index contributed by atoms with van der Waals surface area (Å²) in [5.41, 5.74) is 5.16. The SMILES string of the molecule is C=C(Nc1ccc(OC)cc1C(=N)c1ccccc1)c1cccc(C)n1. The van der Waals surface area contributed by atoms with Gasteiger partial charge in [-0.25, -0.2) is 0 Å². The van der Waals surface area contributed by atoms with Crippen molar-refractivity contribution in [2.45, 2.75) is 6.92 Å². The van der Waals surface area contributed by atoms with Gasteiger partial charge in [0, 0.05) is 22.5 Å². The van der Waals surface area contributed by atoms with Crippen molar-refractivity contribution in [2.75, 3.05) is 12.4 Å². The van der Waals surface area contributed by atoms with Crippen molar-refractivity contribution in [3.05, 3.63) is 95.8 Å². The molecule has 4 nitrogen and oxygen atoms in total. The van der Waals surface area contributed by atoms with Crippen LogP contribution in [0, 0.1) is 12.3 Å². The molecule has 2 aromatic carbocycles. The molecule has 130 valence electrons. The Kier molecular flexibility index (Phi) is 5.13. The van der Waals surface area contributed by atoms with E-state index in [0.717, 1.165) is 28.2 Å². The molecule has 0 radical (unpaired) electrons. The maximum Gasteiger partial charge on any atom is 0.119 e. The van der Waals surface area contributed by atoms with E-state index in [9.17, 15) is 0 Å². The first kappa shape index (κ1) is 17.4. The van der Waals surface area contributed by atoms with Crippen LogP contribution in [0.4, 0.5) is 5.69 Å². The lowest BCUT2D eigenvalue weighted by Gasteiger charge is -2.16. The largest absolute Gasteiger partial charge is 0.497 e. The number of ether oxygens (including phenoxy) is 1. The maximum absolute atomic E-state index is 8.63. The van der Waals surface area contributed by atoms with Crippen molar-refractivity contribution in [3.8, 4) is 5.75 Å². The van der Waals surface area contributed by atoms with E-state index < -0.39 is 0 Å². The highest BCUT2D eigenvalue weighted by Gasteiger charge is 2.13. The van der Waals surface area contributed by atoms with Crippen molar-refractivity contribution in [3.63, 3.8) is 0 Å². The van der Waals surface area contributed by atoms with E-state index in [0.29, 0.717) is 17.2 Å². The maximum atomic E-state index is 8.63. The van der Waals surface area contributed by atoms with E-state index in [2.05, 4.69) is 16.9 Å². The van der Waals surface area contributed by atoms with Gasteiger partial charge >= 0.3 is 0 Å². The van der Waals surface area contributed by atoms with E-state index in [-0.39, 0.29) is 0 Å². The van der Waals surface area contributed by atoms with Crippen LogP contribution in [0.15, 0.2) is 73.3 Å². The van der Waals surface area contributed by atoms with E-state index in [1.807, 2.05) is 73.7 Å². The minimum absolute atomic E-state index is 0.414. The van der Waals surface area contributed by atoms with Gasteiger partial charge in [-0.05, 0) is 37.3 Å². The molecule has 0 bridgehead atoms. The number of hydrogen-bond acceptors (Lipinski definition) is 4. The Balaban J connectivity index is 1.96. The Labute approximate surface area is 153 Å². The highest BCUT2D eigenvalue weighted by Crippen LogP contribution is 2.27. The number of nitrogens with one attached hydrogen (secondary N) is 2. The number of aromatic nitrogens is 1. The molecule has 1 heterocycles. The van der Waals surface area contributed by atoms with Crippen molar-refractivity contribution < 1.29 is 4.74 Å². The monoisotopic (exact) mass is 343 g/mol. The fraction of sp³-hybridized carbons (Fsp3) is 0.0909. The number of aryl methyl sites for hydroxylation is 1. The van der Waals surface area contributed by atoms with Gasteiger partial charge in [-0.2, -0.15) is 0 Å². The van der Waals surface area contributed by atoms with Gasteiger partial charge in [-0.1, -0.05) is 43.0 Å². The van der Waals surface area contributed by atoms with Gasteiger partial charge < -0.3 is 10.1 Å². The normalized spacial score (nSPS) is 10.2. The topological polar surface area (TPSA) is 58.0 Å². The molecule has 1 aromatic heterocycles. The molecule has 0 saturated carbocycles. The zero-order chi connectivity index (χ0) is 18.5. The van der Waals surface area contributed by atoms with Crippen molar-refractivity contribution in [2.24, 2.45) is 0 Å². The molecule has 0 spiro atoms. The average Bonchev–Trinajstić information content (AvgIpc) is 2.68. The Morgan fingerprint density at radius 2 is 1.81 bits per heavy atom. The first-order valence-electron chi connectivity index (χ1n) is 8.31. The molecule has 0 atom stereocenters. The van der Waals surface area contributed by atoms with Gasteiger partial charge in [-0.15, -0.1) is 0 Å². The molecule has 3 aromatic rings. The third-order valence-corrected chi connectivity index (χ3v) is 4.04. The van der Waals surface area contributed by atoms with Crippen LogP contribution in [0.3, 0.4) is 0 Å². The molecular formula is C22H21N3O. The average molecular weight is 343 g/mol. The summed E-state index contributed by atoms with van der Waals surface area (Å²) in [7, 11) is 1.62. The molecule has 4 heteroatoms. The predicted molar refractivity (Wildman–Crippen MR) is 107 cm³/mol. The van der Waals surface area contributed by atoms with Gasteiger partial charge in [0.1, 0.15) is 5.75 Å². The quantitative estimate of drug-likeness (QED) is 0.626. The second-order valence-corrected chi connectivity index (χ2v) is 5.92. The highest BCUT2D eigenvalue weighted by atomic mass is 16.5. The third kappa shape index (κ3) is 3.81. The van der Waals surface area contributed by atoms with E-state index >= 15 is 0 Å². The molecule has 0 aliphatic heterocycles. The molecule has 0 aliphatic rings. The Morgan fingerprint density at radius 1 is 1.04 bits per heavy atom. The molecule has 0 aliphatic carbocycles. The van der Waals surface area contributed by atoms with Crippen LogP contribution in [0.25, 0.3) is 5.70 Å². The number of benzene rings is 2. The second-order valence-electron chi connectivity index (χ2n) is 5.92. The number of rotatable bonds is 6. The number of anilines is 1. The van der Waals surface area contributed by atoms with Crippen LogP contribution < -0.4 is 10.1 Å². The van der Waals surface area contributed by atoms with E-state index in [1.54, 1.807) is 7.11 Å². The van der Waals surface area contributed by atoms with Crippen LogP contribution in [0.5, 0.6) is 5.75 Å². The molecule has 0 fully saturated rings. The van der Waals surface area contributed by atoms with Gasteiger partial charge in [0.15, 0.2) is 0 Å². The summed E-state index contributed by atoms with van der Waals surface area (Å²) in [6, 6.07) is 21.0. The smallest absolute Gasteiger partial charge is 0.119 e. The highest BCUT2D eigenvalue weighted by molar-refractivity contribution is 6.14. The lowest BCUT2D eigenvalue weighted by atomic mass is 10.00. The number of pyridine rings is 1. The molecule has 26 heavy (non-hydrogen) atoms. The Hall–Kier alpha value is -3.40. The lowest BCUT2D eigenvalue weighted by Crippen LogP contribution is -2.08. The number of nitrogens with zero attached hydrogens (tertiary/aromatic N) is 1. The molecule has 0 saturated heterocycles. The van der Waals surface area contributed by atoms with Crippen molar-refractivity contribution in [1.82, 2.24) is 4.98 Å². The van der Waals surface area contributed by atoms with Gasteiger partial charge in [0.05, 0.1) is 24.2 Å². The third-order valence-electron chi connectivity index (χ3n) is 4.04. The minimum atomic E-state index is 0.414.